The predicted molar refractivity (Wildman–Crippen MR) is 59.4 cm³/mol. The molecule has 2 rings (SSSR count). The number of carbonyl (C=O) groups excluding carboxylic acids is 1. The van der Waals surface area contributed by atoms with Gasteiger partial charge in [0.1, 0.15) is 11.5 Å². The van der Waals surface area contributed by atoms with Crippen LogP contribution in [-0.4, -0.2) is 18.9 Å². The first kappa shape index (κ1) is 10.0. The van der Waals surface area contributed by atoms with Gasteiger partial charge >= 0.3 is 0 Å². The molecule has 3 heteroatoms. The second-order valence-corrected chi connectivity index (χ2v) is 3.64. The normalized spacial score (nSPS) is 15.1. The van der Waals surface area contributed by atoms with Crippen molar-refractivity contribution in [1.82, 2.24) is 0 Å². The number of Topliss-reactive ketones (excluding diaryl/α,β-unsaturated/α-hetero) is 1. The van der Waals surface area contributed by atoms with Crippen LogP contribution in [0.15, 0.2) is 18.2 Å². The summed E-state index contributed by atoms with van der Waals surface area (Å²) in [4.78, 5) is 11.4. The van der Waals surface area contributed by atoms with Gasteiger partial charge in [0.15, 0.2) is 0 Å². The van der Waals surface area contributed by atoms with Gasteiger partial charge in [-0.1, -0.05) is 0 Å². The van der Waals surface area contributed by atoms with E-state index in [0.29, 0.717) is 19.4 Å². The highest BCUT2D eigenvalue weighted by Gasteiger charge is 2.13. The Labute approximate surface area is 89.4 Å². The largest absolute Gasteiger partial charge is 0.494 e. The number of benzene rings is 1. The molecule has 0 aromatic heterocycles. The van der Waals surface area contributed by atoms with Crippen LogP contribution in [0.4, 0.5) is 5.69 Å². The first-order valence-corrected chi connectivity index (χ1v) is 5.31. The van der Waals surface area contributed by atoms with Crippen LogP contribution in [0, 0.1) is 0 Å². The van der Waals surface area contributed by atoms with Crippen molar-refractivity contribution in [2.24, 2.45) is 0 Å². The van der Waals surface area contributed by atoms with Gasteiger partial charge in [-0.25, -0.2) is 0 Å². The van der Waals surface area contributed by atoms with Gasteiger partial charge in [-0.05, 0) is 30.7 Å². The molecule has 15 heavy (non-hydrogen) atoms. The minimum Gasteiger partial charge on any atom is -0.494 e. The van der Waals surface area contributed by atoms with Crippen LogP contribution in [0.1, 0.15) is 18.9 Å². The minimum atomic E-state index is 0.287. The number of anilines is 1. The second-order valence-electron chi connectivity index (χ2n) is 3.64. The summed E-state index contributed by atoms with van der Waals surface area (Å²) in [6, 6.07) is 5.87. The number of rotatable bonds is 2. The molecular weight excluding hydrogens is 190 g/mol. The summed E-state index contributed by atoms with van der Waals surface area (Å²) in [6.45, 7) is 3.34. The summed E-state index contributed by atoms with van der Waals surface area (Å²) in [5, 5.41) is 3.25. The number of fused-ring (bicyclic) bond motifs is 1. The van der Waals surface area contributed by atoms with Crippen LogP contribution in [-0.2, 0) is 11.2 Å². The van der Waals surface area contributed by atoms with Gasteiger partial charge < -0.3 is 10.1 Å². The Hall–Kier alpha value is -1.51. The smallest absolute Gasteiger partial charge is 0.139 e. The van der Waals surface area contributed by atoms with E-state index in [0.717, 1.165) is 23.5 Å². The molecule has 0 bridgehead atoms. The lowest BCUT2D eigenvalue weighted by Gasteiger charge is -2.09. The lowest BCUT2D eigenvalue weighted by molar-refractivity contribution is -0.118. The molecular formula is C12H15NO2. The molecule has 0 saturated carbocycles. The highest BCUT2D eigenvalue weighted by Crippen LogP contribution is 2.25. The number of nitrogens with one attached hydrogen (secondary N) is 1. The van der Waals surface area contributed by atoms with E-state index in [1.54, 1.807) is 0 Å². The quantitative estimate of drug-likeness (QED) is 0.802. The molecule has 80 valence electrons. The van der Waals surface area contributed by atoms with Gasteiger partial charge in [0.05, 0.1) is 6.61 Å². The maximum absolute atomic E-state index is 11.4. The van der Waals surface area contributed by atoms with Gasteiger partial charge in [-0.2, -0.15) is 0 Å². The molecule has 0 radical (unpaired) electrons. The third-order valence-electron chi connectivity index (χ3n) is 2.49. The van der Waals surface area contributed by atoms with Crippen LogP contribution in [0.5, 0.6) is 5.75 Å². The van der Waals surface area contributed by atoms with E-state index >= 15 is 0 Å². The van der Waals surface area contributed by atoms with Gasteiger partial charge in [-0.3, -0.25) is 4.79 Å². The third-order valence-corrected chi connectivity index (χ3v) is 2.49. The van der Waals surface area contributed by atoms with E-state index < -0.39 is 0 Å². The fourth-order valence-electron chi connectivity index (χ4n) is 1.78. The lowest BCUT2D eigenvalue weighted by atomic mass is 10.1. The molecule has 0 unspecified atom stereocenters. The number of hydrogen-bond acceptors (Lipinski definition) is 3. The number of ether oxygens (including phenoxy) is 1. The zero-order valence-corrected chi connectivity index (χ0v) is 8.88. The average Bonchev–Trinajstić information content (AvgIpc) is 2.38. The Balaban J connectivity index is 2.28. The lowest BCUT2D eigenvalue weighted by Crippen LogP contribution is -2.03. The van der Waals surface area contributed by atoms with E-state index in [1.165, 1.54) is 0 Å². The number of carbonyl (C=O) groups is 1. The van der Waals surface area contributed by atoms with Crippen LogP contribution in [0.2, 0.25) is 0 Å². The summed E-state index contributed by atoms with van der Waals surface area (Å²) in [6.07, 6.45) is 1.13. The summed E-state index contributed by atoms with van der Waals surface area (Å²) >= 11 is 0. The zero-order valence-electron chi connectivity index (χ0n) is 8.88. The van der Waals surface area contributed by atoms with Gasteiger partial charge in [0, 0.05) is 25.1 Å². The summed E-state index contributed by atoms with van der Waals surface area (Å²) in [5.41, 5.74) is 2.10. The molecule has 0 amide bonds. The molecule has 0 spiro atoms. The fraction of sp³-hybridized carbons (Fsp3) is 0.417. The summed E-state index contributed by atoms with van der Waals surface area (Å²) < 4.78 is 5.41. The van der Waals surface area contributed by atoms with Crippen molar-refractivity contribution >= 4 is 11.5 Å². The summed E-state index contributed by atoms with van der Waals surface area (Å²) in [7, 11) is 0. The Kier molecular flexibility index (Phi) is 2.90. The fourth-order valence-corrected chi connectivity index (χ4v) is 1.78. The van der Waals surface area contributed by atoms with E-state index in [-0.39, 0.29) is 5.78 Å². The second kappa shape index (κ2) is 4.34. The molecule has 1 aromatic carbocycles. The van der Waals surface area contributed by atoms with Crippen molar-refractivity contribution in [2.45, 2.75) is 19.8 Å². The van der Waals surface area contributed by atoms with Crippen molar-refractivity contribution in [3.05, 3.63) is 23.8 Å². The number of ketones is 1. The first-order valence-electron chi connectivity index (χ1n) is 5.31. The molecule has 1 aliphatic rings. The van der Waals surface area contributed by atoms with Crippen LogP contribution in [0.3, 0.4) is 0 Å². The Morgan fingerprint density at radius 2 is 2.33 bits per heavy atom. The van der Waals surface area contributed by atoms with Crippen molar-refractivity contribution in [2.75, 3.05) is 18.5 Å². The Morgan fingerprint density at radius 3 is 3.13 bits per heavy atom. The molecule has 3 nitrogen and oxygen atoms in total. The molecule has 0 fully saturated rings. The predicted octanol–water partition coefficient (Wildman–Crippen LogP) is 2.01. The van der Waals surface area contributed by atoms with E-state index in [1.807, 2.05) is 25.1 Å². The Morgan fingerprint density at radius 1 is 1.47 bits per heavy atom. The van der Waals surface area contributed by atoms with Crippen molar-refractivity contribution in [3.63, 3.8) is 0 Å². The highest BCUT2D eigenvalue weighted by molar-refractivity contribution is 5.84. The van der Waals surface area contributed by atoms with E-state index in [9.17, 15) is 4.79 Å². The van der Waals surface area contributed by atoms with Gasteiger partial charge in [0.25, 0.3) is 0 Å². The standard InChI is InChI=1S/C12H15NO2/c1-2-15-11-3-4-12-9(8-11)7-10(14)5-6-13-12/h3-4,8,13H,2,5-7H2,1H3. The summed E-state index contributed by atoms with van der Waals surface area (Å²) in [5.74, 6) is 1.13. The third kappa shape index (κ3) is 2.29. The number of hydrogen-bond donors (Lipinski definition) is 1. The minimum absolute atomic E-state index is 0.287. The Bertz CT molecular complexity index is 374. The molecule has 1 heterocycles. The molecule has 0 atom stereocenters. The van der Waals surface area contributed by atoms with Gasteiger partial charge in [-0.15, -0.1) is 0 Å². The van der Waals surface area contributed by atoms with Crippen LogP contribution in [0.25, 0.3) is 0 Å². The van der Waals surface area contributed by atoms with Crippen molar-refractivity contribution in [1.29, 1.82) is 0 Å². The van der Waals surface area contributed by atoms with Crippen molar-refractivity contribution in [3.8, 4) is 5.75 Å². The molecule has 0 saturated heterocycles. The topological polar surface area (TPSA) is 38.3 Å². The first-order chi connectivity index (χ1) is 7.29. The van der Waals surface area contributed by atoms with Crippen LogP contribution < -0.4 is 10.1 Å². The van der Waals surface area contributed by atoms with E-state index in [2.05, 4.69) is 5.32 Å². The molecule has 1 aromatic rings. The maximum atomic E-state index is 11.4. The van der Waals surface area contributed by atoms with Gasteiger partial charge in [0.2, 0.25) is 0 Å². The van der Waals surface area contributed by atoms with Crippen molar-refractivity contribution < 1.29 is 9.53 Å². The highest BCUT2D eigenvalue weighted by atomic mass is 16.5. The monoisotopic (exact) mass is 205 g/mol. The molecule has 1 aliphatic heterocycles. The average molecular weight is 205 g/mol. The molecule has 1 N–H and O–H groups in total. The molecule has 0 aliphatic carbocycles. The SMILES string of the molecule is CCOc1ccc2c(c1)CC(=O)CCN2. The maximum Gasteiger partial charge on any atom is 0.139 e. The zero-order chi connectivity index (χ0) is 10.7. The van der Waals surface area contributed by atoms with Crippen LogP contribution >= 0.6 is 0 Å². The van der Waals surface area contributed by atoms with E-state index in [4.69, 9.17) is 4.74 Å².